The molecule has 1 aliphatic heterocycles. The molecular formula is C6H10NO. The van der Waals surface area contributed by atoms with E-state index in [1.54, 1.807) is 0 Å². The van der Waals surface area contributed by atoms with Crippen LogP contribution in [0.25, 0.3) is 0 Å². The molecule has 0 aromatic carbocycles. The molecule has 2 nitrogen and oxygen atoms in total. The molecular weight excluding hydrogens is 102 g/mol. The zero-order chi connectivity index (χ0) is 5.98. The van der Waals surface area contributed by atoms with Crippen LogP contribution in [0.5, 0.6) is 0 Å². The Morgan fingerprint density at radius 3 is 2.75 bits per heavy atom. The van der Waals surface area contributed by atoms with E-state index in [-0.39, 0.29) is 6.10 Å². The Hall–Kier alpha value is -0.530. The van der Waals surface area contributed by atoms with Gasteiger partial charge in [0.1, 0.15) is 12.3 Å². The molecule has 1 heterocycles. The third-order valence-corrected chi connectivity index (χ3v) is 1.29. The van der Waals surface area contributed by atoms with E-state index in [2.05, 4.69) is 25.2 Å². The van der Waals surface area contributed by atoms with Gasteiger partial charge in [0.05, 0.1) is 0 Å². The van der Waals surface area contributed by atoms with E-state index in [4.69, 9.17) is 4.84 Å². The van der Waals surface area contributed by atoms with Crippen LogP contribution in [0, 0.1) is 5.92 Å². The Morgan fingerprint density at radius 2 is 2.50 bits per heavy atom. The summed E-state index contributed by atoms with van der Waals surface area (Å²) in [6, 6.07) is 0. The summed E-state index contributed by atoms with van der Waals surface area (Å²) in [5.74, 6) is 0.564. The van der Waals surface area contributed by atoms with Crippen LogP contribution in [0.15, 0.2) is 5.16 Å². The average molecular weight is 112 g/mol. The minimum Gasteiger partial charge on any atom is -0.392 e. The Balaban J connectivity index is 2.29. The molecule has 8 heavy (non-hydrogen) atoms. The molecule has 0 saturated heterocycles. The van der Waals surface area contributed by atoms with E-state index in [0.717, 1.165) is 6.42 Å². The quantitative estimate of drug-likeness (QED) is 0.501. The first kappa shape index (κ1) is 5.60. The van der Waals surface area contributed by atoms with Crippen molar-refractivity contribution in [2.45, 2.75) is 26.4 Å². The predicted molar refractivity (Wildman–Crippen MR) is 31.8 cm³/mol. The smallest absolute Gasteiger partial charge is 0.135 e. The summed E-state index contributed by atoms with van der Waals surface area (Å²) in [7, 11) is 0. The molecule has 0 aromatic heterocycles. The van der Waals surface area contributed by atoms with Crippen LogP contribution in [0.4, 0.5) is 0 Å². The van der Waals surface area contributed by atoms with Crippen molar-refractivity contribution >= 4 is 6.21 Å². The Morgan fingerprint density at radius 1 is 1.75 bits per heavy atom. The van der Waals surface area contributed by atoms with E-state index in [0.29, 0.717) is 5.92 Å². The molecule has 0 fully saturated rings. The molecule has 0 aromatic rings. The fourth-order valence-corrected chi connectivity index (χ4v) is 0.627. The molecule has 0 amide bonds. The summed E-state index contributed by atoms with van der Waals surface area (Å²) in [5.41, 5.74) is 0. The summed E-state index contributed by atoms with van der Waals surface area (Å²) in [4.78, 5) is 4.93. The summed E-state index contributed by atoms with van der Waals surface area (Å²) < 4.78 is 0. The monoisotopic (exact) mass is 112 g/mol. The van der Waals surface area contributed by atoms with Gasteiger partial charge in [0.2, 0.25) is 0 Å². The zero-order valence-electron chi connectivity index (χ0n) is 5.22. The van der Waals surface area contributed by atoms with Gasteiger partial charge >= 0.3 is 0 Å². The van der Waals surface area contributed by atoms with Gasteiger partial charge in [-0.3, -0.25) is 0 Å². The highest BCUT2D eigenvalue weighted by Crippen LogP contribution is 2.13. The van der Waals surface area contributed by atoms with Crippen LogP contribution in [-0.2, 0) is 4.84 Å². The van der Waals surface area contributed by atoms with Crippen molar-refractivity contribution < 1.29 is 4.84 Å². The van der Waals surface area contributed by atoms with Gasteiger partial charge in [0, 0.05) is 6.42 Å². The van der Waals surface area contributed by atoms with E-state index < -0.39 is 0 Å². The molecule has 1 atom stereocenters. The van der Waals surface area contributed by atoms with Gasteiger partial charge in [-0.2, -0.15) is 0 Å². The lowest BCUT2D eigenvalue weighted by Gasteiger charge is -2.09. The van der Waals surface area contributed by atoms with Gasteiger partial charge in [0.15, 0.2) is 0 Å². The number of hydrogen-bond donors (Lipinski definition) is 0. The van der Waals surface area contributed by atoms with Crippen molar-refractivity contribution in [2.75, 3.05) is 0 Å². The average Bonchev–Trinajstić information content (AvgIpc) is 2.12. The Bertz CT molecular complexity index is 90.7. The van der Waals surface area contributed by atoms with Crippen LogP contribution in [0.2, 0.25) is 0 Å². The summed E-state index contributed by atoms with van der Waals surface area (Å²) >= 11 is 0. The molecule has 0 spiro atoms. The number of rotatable bonds is 1. The lowest BCUT2D eigenvalue weighted by molar-refractivity contribution is 0.0521. The molecule has 0 N–H and O–H groups in total. The SMILES string of the molecule is CC(C)C1C[C]=NO1. The highest BCUT2D eigenvalue weighted by Gasteiger charge is 2.16. The van der Waals surface area contributed by atoms with Gasteiger partial charge in [0.25, 0.3) is 0 Å². The third kappa shape index (κ3) is 0.997. The molecule has 0 bridgehead atoms. The molecule has 1 aliphatic rings. The second-order valence-corrected chi connectivity index (χ2v) is 2.34. The second-order valence-electron chi connectivity index (χ2n) is 2.34. The fraction of sp³-hybridized carbons (Fsp3) is 0.833. The topological polar surface area (TPSA) is 21.6 Å². The fourth-order valence-electron chi connectivity index (χ4n) is 0.627. The first-order valence-electron chi connectivity index (χ1n) is 2.89. The predicted octanol–water partition coefficient (Wildman–Crippen LogP) is 1.29. The summed E-state index contributed by atoms with van der Waals surface area (Å²) in [6.45, 7) is 4.24. The molecule has 1 unspecified atom stereocenters. The minimum atomic E-state index is 0.287. The number of hydrogen-bond acceptors (Lipinski definition) is 2. The van der Waals surface area contributed by atoms with E-state index >= 15 is 0 Å². The molecule has 2 heteroatoms. The largest absolute Gasteiger partial charge is 0.392 e. The van der Waals surface area contributed by atoms with Crippen LogP contribution < -0.4 is 0 Å². The molecule has 1 rings (SSSR count). The van der Waals surface area contributed by atoms with Crippen molar-refractivity contribution in [3.8, 4) is 0 Å². The van der Waals surface area contributed by atoms with E-state index in [1.165, 1.54) is 0 Å². The first-order valence-corrected chi connectivity index (χ1v) is 2.89. The van der Waals surface area contributed by atoms with Gasteiger partial charge < -0.3 is 4.84 Å². The highest BCUT2D eigenvalue weighted by atomic mass is 16.6. The van der Waals surface area contributed by atoms with Crippen molar-refractivity contribution in [2.24, 2.45) is 11.1 Å². The van der Waals surface area contributed by atoms with Gasteiger partial charge in [-0.15, -0.1) is 0 Å². The molecule has 0 saturated carbocycles. The van der Waals surface area contributed by atoms with Crippen LogP contribution in [0.1, 0.15) is 20.3 Å². The highest BCUT2D eigenvalue weighted by molar-refractivity contribution is 5.58. The van der Waals surface area contributed by atoms with Crippen LogP contribution in [-0.4, -0.2) is 12.3 Å². The standard InChI is InChI=1S/C6H10NO/c1-5(2)6-3-4-7-8-6/h5-6H,3H2,1-2H3. The maximum absolute atomic E-state index is 4.93. The van der Waals surface area contributed by atoms with Crippen molar-refractivity contribution in [1.82, 2.24) is 0 Å². The van der Waals surface area contributed by atoms with E-state index in [1.807, 2.05) is 0 Å². The Kier molecular flexibility index (Phi) is 1.51. The number of nitrogens with zero attached hydrogens (tertiary/aromatic N) is 1. The first-order chi connectivity index (χ1) is 3.80. The van der Waals surface area contributed by atoms with E-state index in [9.17, 15) is 0 Å². The summed E-state index contributed by atoms with van der Waals surface area (Å²) in [5, 5.41) is 3.54. The molecule has 45 valence electrons. The van der Waals surface area contributed by atoms with Crippen molar-refractivity contribution in [3.05, 3.63) is 0 Å². The maximum atomic E-state index is 4.93. The molecule has 0 aliphatic carbocycles. The third-order valence-electron chi connectivity index (χ3n) is 1.29. The second kappa shape index (κ2) is 2.16. The minimum absolute atomic E-state index is 0.287. The molecule has 1 radical (unpaired) electrons. The van der Waals surface area contributed by atoms with Crippen molar-refractivity contribution in [3.63, 3.8) is 0 Å². The van der Waals surface area contributed by atoms with Gasteiger partial charge in [-0.05, 0) is 5.92 Å². The van der Waals surface area contributed by atoms with Gasteiger partial charge in [-0.25, -0.2) is 0 Å². The lowest BCUT2D eigenvalue weighted by atomic mass is 10.1. The Labute approximate surface area is 49.5 Å². The zero-order valence-corrected chi connectivity index (χ0v) is 5.22. The van der Waals surface area contributed by atoms with Crippen LogP contribution >= 0.6 is 0 Å². The summed E-state index contributed by atoms with van der Waals surface area (Å²) in [6.07, 6.45) is 3.90. The van der Waals surface area contributed by atoms with Crippen LogP contribution in [0.3, 0.4) is 0 Å². The van der Waals surface area contributed by atoms with Gasteiger partial charge in [-0.1, -0.05) is 19.0 Å². The lowest BCUT2D eigenvalue weighted by Crippen LogP contribution is -2.12. The normalized spacial score (nSPS) is 26.6. The maximum Gasteiger partial charge on any atom is 0.135 e. The van der Waals surface area contributed by atoms with Crippen molar-refractivity contribution in [1.29, 1.82) is 0 Å².